The maximum atomic E-state index is 13.5. The molecule has 0 aliphatic carbocycles. The molecule has 2 unspecified atom stereocenters. The standard InChI is InChI=1S/C17H14Cl2F2N2O4S/c18-12-3-2-10(28(26,27)23-7-15(21)16(24)8-23)6-11(12)17(25)22-9-1-4-14(20)13(19)5-9/h1-6,15-16,24H,7-8H2,(H,22,25). The van der Waals surface area contributed by atoms with E-state index in [1.807, 2.05) is 0 Å². The summed E-state index contributed by atoms with van der Waals surface area (Å²) in [4.78, 5) is 12.2. The van der Waals surface area contributed by atoms with Gasteiger partial charge < -0.3 is 10.4 Å². The molecule has 0 bridgehead atoms. The number of alkyl halides is 1. The van der Waals surface area contributed by atoms with Crippen molar-refractivity contribution in [1.82, 2.24) is 4.31 Å². The summed E-state index contributed by atoms with van der Waals surface area (Å²) in [5.41, 5.74) is 0.0309. The van der Waals surface area contributed by atoms with Crippen LogP contribution in [0.1, 0.15) is 10.4 Å². The van der Waals surface area contributed by atoms with E-state index in [4.69, 9.17) is 23.2 Å². The van der Waals surface area contributed by atoms with Crippen LogP contribution in [0.3, 0.4) is 0 Å². The molecule has 150 valence electrons. The van der Waals surface area contributed by atoms with Crippen LogP contribution in [-0.4, -0.2) is 49.1 Å². The molecule has 3 rings (SSSR count). The van der Waals surface area contributed by atoms with Crippen LogP contribution in [0.15, 0.2) is 41.3 Å². The normalized spacial score (nSPS) is 20.3. The highest BCUT2D eigenvalue weighted by Gasteiger charge is 2.39. The highest BCUT2D eigenvalue weighted by molar-refractivity contribution is 7.89. The van der Waals surface area contributed by atoms with Gasteiger partial charge in [0.25, 0.3) is 5.91 Å². The Morgan fingerprint density at radius 2 is 1.86 bits per heavy atom. The number of carbonyl (C=O) groups excluding carboxylic acids is 1. The Morgan fingerprint density at radius 1 is 1.14 bits per heavy atom. The van der Waals surface area contributed by atoms with E-state index in [1.165, 1.54) is 24.3 Å². The highest BCUT2D eigenvalue weighted by atomic mass is 35.5. The number of nitrogens with zero attached hydrogens (tertiary/aromatic N) is 1. The van der Waals surface area contributed by atoms with Crippen LogP contribution in [0.4, 0.5) is 14.5 Å². The Hall–Kier alpha value is -1.78. The van der Waals surface area contributed by atoms with Gasteiger partial charge in [0.15, 0.2) is 0 Å². The van der Waals surface area contributed by atoms with Crippen molar-refractivity contribution < 1.29 is 27.1 Å². The van der Waals surface area contributed by atoms with E-state index in [0.29, 0.717) is 0 Å². The maximum absolute atomic E-state index is 13.5. The van der Waals surface area contributed by atoms with E-state index >= 15 is 0 Å². The third kappa shape index (κ3) is 4.13. The van der Waals surface area contributed by atoms with Crippen LogP contribution in [0.25, 0.3) is 0 Å². The number of anilines is 1. The van der Waals surface area contributed by atoms with Crippen LogP contribution < -0.4 is 5.32 Å². The zero-order chi connectivity index (χ0) is 20.6. The number of amides is 1. The van der Waals surface area contributed by atoms with Gasteiger partial charge in [0, 0.05) is 18.8 Å². The van der Waals surface area contributed by atoms with Crippen LogP contribution in [0.2, 0.25) is 10.0 Å². The highest BCUT2D eigenvalue weighted by Crippen LogP contribution is 2.27. The number of aliphatic hydroxyl groups is 1. The molecule has 28 heavy (non-hydrogen) atoms. The second kappa shape index (κ2) is 7.92. The minimum atomic E-state index is -4.14. The van der Waals surface area contributed by atoms with Crippen molar-refractivity contribution in [2.45, 2.75) is 17.2 Å². The van der Waals surface area contributed by atoms with Gasteiger partial charge >= 0.3 is 0 Å². The van der Waals surface area contributed by atoms with Gasteiger partial charge in [-0.05, 0) is 36.4 Å². The van der Waals surface area contributed by atoms with E-state index in [-0.39, 0.29) is 32.7 Å². The van der Waals surface area contributed by atoms with Gasteiger partial charge in [-0.3, -0.25) is 4.79 Å². The first-order chi connectivity index (χ1) is 13.1. The number of hydrogen-bond donors (Lipinski definition) is 2. The van der Waals surface area contributed by atoms with Crippen LogP contribution in [-0.2, 0) is 10.0 Å². The second-order valence-electron chi connectivity index (χ2n) is 6.13. The lowest BCUT2D eigenvalue weighted by Gasteiger charge is -2.16. The van der Waals surface area contributed by atoms with Crippen molar-refractivity contribution >= 4 is 44.8 Å². The summed E-state index contributed by atoms with van der Waals surface area (Å²) in [5.74, 6) is -1.40. The van der Waals surface area contributed by atoms with E-state index < -0.39 is 40.6 Å². The van der Waals surface area contributed by atoms with Gasteiger partial charge in [-0.2, -0.15) is 4.31 Å². The number of carbonyl (C=O) groups is 1. The zero-order valence-electron chi connectivity index (χ0n) is 14.1. The number of benzene rings is 2. The van der Waals surface area contributed by atoms with E-state index in [1.54, 1.807) is 0 Å². The fraction of sp³-hybridized carbons (Fsp3) is 0.235. The third-order valence-corrected chi connectivity index (χ3v) is 6.63. The molecule has 0 aromatic heterocycles. The average molecular weight is 451 g/mol. The van der Waals surface area contributed by atoms with Crippen molar-refractivity contribution in [2.24, 2.45) is 0 Å². The minimum absolute atomic E-state index is 0.0190. The van der Waals surface area contributed by atoms with Crippen molar-refractivity contribution in [2.75, 3.05) is 18.4 Å². The topological polar surface area (TPSA) is 86.7 Å². The fourth-order valence-electron chi connectivity index (χ4n) is 2.67. The Kier molecular flexibility index (Phi) is 5.92. The van der Waals surface area contributed by atoms with E-state index in [0.717, 1.165) is 16.4 Å². The van der Waals surface area contributed by atoms with Crippen molar-refractivity contribution in [3.63, 3.8) is 0 Å². The summed E-state index contributed by atoms with van der Waals surface area (Å²) in [5, 5.41) is 11.7. The summed E-state index contributed by atoms with van der Waals surface area (Å²) >= 11 is 11.7. The van der Waals surface area contributed by atoms with Crippen molar-refractivity contribution in [3.8, 4) is 0 Å². The number of rotatable bonds is 4. The Labute approximate surface area is 169 Å². The third-order valence-electron chi connectivity index (χ3n) is 4.18. The van der Waals surface area contributed by atoms with Crippen LogP contribution in [0, 0.1) is 5.82 Å². The van der Waals surface area contributed by atoms with Gasteiger partial charge in [0.2, 0.25) is 10.0 Å². The molecule has 1 aliphatic rings. The first-order valence-electron chi connectivity index (χ1n) is 7.98. The lowest BCUT2D eigenvalue weighted by Crippen LogP contribution is -2.30. The fourth-order valence-corrected chi connectivity index (χ4v) is 4.55. The quantitative estimate of drug-likeness (QED) is 0.748. The predicted octanol–water partition coefficient (Wildman–Crippen LogP) is 3.09. The van der Waals surface area contributed by atoms with Crippen LogP contribution >= 0.6 is 23.2 Å². The van der Waals surface area contributed by atoms with Gasteiger partial charge in [0.1, 0.15) is 18.1 Å². The molecule has 1 saturated heterocycles. The largest absolute Gasteiger partial charge is 0.389 e. The Balaban J connectivity index is 1.88. The second-order valence-corrected chi connectivity index (χ2v) is 8.88. The van der Waals surface area contributed by atoms with Gasteiger partial charge in [0.05, 0.1) is 20.5 Å². The average Bonchev–Trinajstić information content (AvgIpc) is 2.98. The summed E-state index contributed by atoms with van der Waals surface area (Å²) in [6.07, 6.45) is -3.10. The van der Waals surface area contributed by atoms with Gasteiger partial charge in [-0.1, -0.05) is 23.2 Å². The SMILES string of the molecule is O=C(Nc1ccc(F)c(Cl)c1)c1cc(S(=O)(=O)N2CC(O)C(F)C2)ccc1Cl. The number of aliphatic hydroxyl groups excluding tert-OH is 1. The van der Waals surface area contributed by atoms with E-state index in [9.17, 15) is 27.1 Å². The number of hydrogen-bond acceptors (Lipinski definition) is 4. The molecule has 0 radical (unpaired) electrons. The zero-order valence-corrected chi connectivity index (χ0v) is 16.4. The molecule has 2 N–H and O–H groups in total. The minimum Gasteiger partial charge on any atom is -0.389 e. The monoisotopic (exact) mass is 450 g/mol. The lowest BCUT2D eigenvalue weighted by molar-refractivity contribution is 0.102. The molecule has 6 nitrogen and oxygen atoms in total. The molecule has 2 aromatic carbocycles. The summed E-state index contributed by atoms with van der Waals surface area (Å²) < 4.78 is 52.9. The number of halogens is 4. The predicted molar refractivity (Wildman–Crippen MR) is 100 cm³/mol. The summed E-state index contributed by atoms with van der Waals surface area (Å²) in [6.45, 7) is -0.872. The van der Waals surface area contributed by atoms with Crippen molar-refractivity contribution in [3.05, 3.63) is 57.8 Å². The van der Waals surface area contributed by atoms with Crippen molar-refractivity contribution in [1.29, 1.82) is 0 Å². The van der Waals surface area contributed by atoms with Gasteiger partial charge in [-0.15, -0.1) is 0 Å². The molecule has 1 aliphatic heterocycles. The molecule has 11 heteroatoms. The maximum Gasteiger partial charge on any atom is 0.257 e. The molecule has 2 atom stereocenters. The first-order valence-corrected chi connectivity index (χ1v) is 10.2. The number of sulfonamides is 1. The molecule has 0 saturated carbocycles. The molecule has 1 heterocycles. The lowest BCUT2D eigenvalue weighted by atomic mass is 10.2. The van der Waals surface area contributed by atoms with E-state index in [2.05, 4.69) is 5.32 Å². The Bertz CT molecular complexity index is 1030. The number of nitrogens with one attached hydrogen (secondary N) is 1. The smallest absolute Gasteiger partial charge is 0.257 e. The van der Waals surface area contributed by atoms with Crippen LogP contribution in [0.5, 0.6) is 0 Å². The first kappa shape index (κ1) is 20.9. The molecule has 2 aromatic rings. The van der Waals surface area contributed by atoms with Gasteiger partial charge in [-0.25, -0.2) is 17.2 Å². The summed E-state index contributed by atoms with van der Waals surface area (Å²) in [7, 11) is -4.14. The molecule has 1 amide bonds. The molecular formula is C17H14Cl2F2N2O4S. The molecule has 1 fully saturated rings. The Morgan fingerprint density at radius 3 is 2.46 bits per heavy atom. The summed E-state index contributed by atoms with van der Waals surface area (Å²) in [6, 6.07) is 6.99. The molecular weight excluding hydrogens is 437 g/mol. The molecule has 0 spiro atoms. The number of β-amino-alcohol motifs (C(OH)–C–C–N with tert-alkyl or cyclic N) is 1.